The molecule has 6 heteroatoms. The Balaban J connectivity index is 2.78. The molecule has 2 atom stereocenters. The Hall–Kier alpha value is -1.27. The van der Waals surface area contributed by atoms with Crippen molar-refractivity contribution >= 4 is 17.7 Å². The van der Waals surface area contributed by atoms with E-state index in [4.69, 9.17) is 9.84 Å². The van der Waals surface area contributed by atoms with Crippen LogP contribution in [0.25, 0.3) is 0 Å². The first kappa shape index (κ1) is 15.8. The molecule has 0 aliphatic rings. The Labute approximate surface area is 116 Å². The second-order valence-corrected chi connectivity index (χ2v) is 5.14. The van der Waals surface area contributed by atoms with Crippen LogP contribution in [0.15, 0.2) is 18.2 Å². The first-order valence-corrected chi connectivity index (χ1v) is 7.10. The third kappa shape index (κ3) is 4.11. The Morgan fingerprint density at radius 1 is 1.58 bits per heavy atom. The number of aliphatic hydroxyl groups excluding tert-OH is 1. The third-order valence-corrected chi connectivity index (χ3v) is 3.98. The maximum atomic E-state index is 13.7. The van der Waals surface area contributed by atoms with Gasteiger partial charge in [-0.25, -0.2) is 4.39 Å². The highest BCUT2D eigenvalue weighted by Gasteiger charge is 2.20. The number of nitrogens with one attached hydrogen (secondary N) is 1. The zero-order valence-electron chi connectivity index (χ0n) is 11.1. The van der Waals surface area contributed by atoms with Crippen molar-refractivity contribution in [2.75, 3.05) is 20.0 Å². The Bertz CT molecular complexity index is 438. The van der Waals surface area contributed by atoms with E-state index in [0.29, 0.717) is 5.75 Å². The van der Waals surface area contributed by atoms with E-state index in [-0.39, 0.29) is 23.5 Å². The lowest BCUT2D eigenvalue weighted by Gasteiger charge is -2.21. The summed E-state index contributed by atoms with van der Waals surface area (Å²) in [5.41, 5.74) is -0.0366. The van der Waals surface area contributed by atoms with Crippen molar-refractivity contribution < 1.29 is 19.0 Å². The van der Waals surface area contributed by atoms with Gasteiger partial charge in [-0.15, -0.1) is 0 Å². The fourth-order valence-corrected chi connectivity index (χ4v) is 2.25. The predicted molar refractivity (Wildman–Crippen MR) is 74.3 cm³/mol. The van der Waals surface area contributed by atoms with Gasteiger partial charge in [0.15, 0.2) is 0 Å². The smallest absolute Gasteiger partial charge is 0.254 e. The highest BCUT2D eigenvalue weighted by atomic mass is 32.2. The zero-order chi connectivity index (χ0) is 14.4. The molecular formula is C13H18FNO3S. The molecule has 0 bridgehead atoms. The molecule has 0 aromatic heterocycles. The zero-order valence-corrected chi connectivity index (χ0v) is 12.0. The molecule has 0 aliphatic carbocycles. The topological polar surface area (TPSA) is 58.6 Å². The van der Waals surface area contributed by atoms with Crippen molar-refractivity contribution in [2.45, 2.75) is 18.2 Å². The van der Waals surface area contributed by atoms with E-state index in [2.05, 4.69) is 5.32 Å². The van der Waals surface area contributed by atoms with Gasteiger partial charge in [0, 0.05) is 17.4 Å². The second kappa shape index (κ2) is 7.35. The van der Waals surface area contributed by atoms with Gasteiger partial charge >= 0.3 is 0 Å². The van der Waals surface area contributed by atoms with Gasteiger partial charge in [0.2, 0.25) is 0 Å². The molecule has 0 saturated heterocycles. The summed E-state index contributed by atoms with van der Waals surface area (Å²) in [7, 11) is 1.43. The first-order valence-electron chi connectivity index (χ1n) is 5.81. The highest BCUT2D eigenvalue weighted by Crippen LogP contribution is 2.17. The molecule has 1 aromatic carbocycles. The maximum Gasteiger partial charge on any atom is 0.254 e. The van der Waals surface area contributed by atoms with Gasteiger partial charge in [0.1, 0.15) is 11.6 Å². The first-order chi connectivity index (χ1) is 9.03. The highest BCUT2D eigenvalue weighted by molar-refractivity contribution is 7.99. The molecule has 0 radical (unpaired) electrons. The van der Waals surface area contributed by atoms with Crippen LogP contribution in [0, 0.1) is 5.82 Å². The number of rotatable bonds is 6. The minimum absolute atomic E-state index is 0.0366. The van der Waals surface area contributed by atoms with Crippen LogP contribution in [0.4, 0.5) is 4.39 Å². The number of hydrogen-bond acceptors (Lipinski definition) is 4. The van der Waals surface area contributed by atoms with Gasteiger partial charge in [0.05, 0.1) is 19.3 Å². The van der Waals surface area contributed by atoms with E-state index in [1.165, 1.54) is 31.0 Å². The van der Waals surface area contributed by atoms with Crippen molar-refractivity contribution in [3.63, 3.8) is 0 Å². The van der Waals surface area contributed by atoms with Crippen LogP contribution < -0.4 is 10.1 Å². The summed E-state index contributed by atoms with van der Waals surface area (Å²) in [6.07, 6.45) is 1.84. The van der Waals surface area contributed by atoms with Gasteiger partial charge < -0.3 is 15.2 Å². The minimum atomic E-state index is -0.631. The third-order valence-electron chi connectivity index (χ3n) is 2.82. The number of aliphatic hydroxyl groups is 1. The fraction of sp³-hybridized carbons (Fsp3) is 0.462. The molecule has 0 fully saturated rings. The number of thioether (sulfide) groups is 1. The summed E-state index contributed by atoms with van der Waals surface area (Å²) in [5.74, 6) is -0.770. The summed E-state index contributed by atoms with van der Waals surface area (Å²) in [6, 6.07) is 3.82. The average molecular weight is 287 g/mol. The lowest BCUT2D eigenvalue weighted by Crippen LogP contribution is -2.41. The molecule has 4 nitrogen and oxygen atoms in total. The van der Waals surface area contributed by atoms with Crippen LogP contribution in [0.3, 0.4) is 0 Å². The molecule has 19 heavy (non-hydrogen) atoms. The number of halogens is 1. The molecule has 0 saturated carbocycles. The number of carbonyl (C=O) groups is 1. The van der Waals surface area contributed by atoms with E-state index in [0.717, 1.165) is 6.07 Å². The lowest BCUT2D eigenvalue weighted by molar-refractivity contribution is 0.0932. The molecule has 0 aliphatic heterocycles. The largest absolute Gasteiger partial charge is 0.497 e. The summed E-state index contributed by atoms with van der Waals surface area (Å²) >= 11 is 1.45. The number of benzene rings is 1. The van der Waals surface area contributed by atoms with Crippen molar-refractivity contribution in [1.29, 1.82) is 0 Å². The summed E-state index contributed by atoms with van der Waals surface area (Å²) in [4.78, 5) is 11.9. The number of ether oxygens (including phenoxy) is 1. The van der Waals surface area contributed by atoms with E-state index in [1.54, 1.807) is 6.92 Å². The van der Waals surface area contributed by atoms with Gasteiger partial charge in [-0.2, -0.15) is 11.8 Å². The van der Waals surface area contributed by atoms with Crippen molar-refractivity contribution in [3.8, 4) is 5.75 Å². The van der Waals surface area contributed by atoms with E-state index in [9.17, 15) is 9.18 Å². The minimum Gasteiger partial charge on any atom is -0.497 e. The second-order valence-electron chi connectivity index (χ2n) is 4.06. The summed E-state index contributed by atoms with van der Waals surface area (Å²) in [5, 5.41) is 11.7. The normalized spacial score (nSPS) is 13.7. The summed E-state index contributed by atoms with van der Waals surface area (Å²) in [6.45, 7) is 1.73. The fourth-order valence-electron chi connectivity index (χ4n) is 1.62. The predicted octanol–water partition coefficient (Wildman–Crippen LogP) is 1.68. The molecule has 2 unspecified atom stereocenters. The number of methoxy groups -OCH3 is 1. The van der Waals surface area contributed by atoms with Gasteiger partial charge in [0.25, 0.3) is 5.91 Å². The molecule has 2 N–H and O–H groups in total. The number of hydrogen-bond donors (Lipinski definition) is 2. The van der Waals surface area contributed by atoms with E-state index in [1.807, 2.05) is 6.26 Å². The molecule has 0 heterocycles. The van der Waals surface area contributed by atoms with E-state index >= 15 is 0 Å². The van der Waals surface area contributed by atoms with E-state index < -0.39 is 11.7 Å². The quantitative estimate of drug-likeness (QED) is 0.836. The lowest BCUT2D eigenvalue weighted by atomic mass is 10.1. The monoisotopic (exact) mass is 287 g/mol. The van der Waals surface area contributed by atoms with Gasteiger partial charge in [-0.05, 0) is 25.3 Å². The van der Waals surface area contributed by atoms with Crippen LogP contribution >= 0.6 is 11.8 Å². The van der Waals surface area contributed by atoms with Gasteiger partial charge in [-0.3, -0.25) is 4.79 Å². The van der Waals surface area contributed by atoms with Crippen LogP contribution in [0.1, 0.15) is 17.3 Å². The Morgan fingerprint density at radius 3 is 2.74 bits per heavy atom. The molecule has 1 amide bonds. The van der Waals surface area contributed by atoms with Crippen LogP contribution in [-0.2, 0) is 0 Å². The molecule has 0 spiro atoms. The molecule has 1 aromatic rings. The van der Waals surface area contributed by atoms with Crippen LogP contribution in [-0.4, -0.2) is 42.3 Å². The van der Waals surface area contributed by atoms with Gasteiger partial charge in [-0.1, -0.05) is 0 Å². The average Bonchev–Trinajstić information content (AvgIpc) is 2.39. The number of carbonyl (C=O) groups excluding carboxylic acids is 1. The Kier molecular flexibility index (Phi) is 6.11. The van der Waals surface area contributed by atoms with Crippen molar-refractivity contribution in [1.82, 2.24) is 5.32 Å². The van der Waals surface area contributed by atoms with Crippen molar-refractivity contribution in [2.24, 2.45) is 0 Å². The van der Waals surface area contributed by atoms with Crippen LogP contribution in [0.5, 0.6) is 5.75 Å². The standard InChI is InChI=1S/C13H18FNO3S/c1-8(12(7-16)19-3)15-13(17)10-5-4-9(18-2)6-11(10)14/h4-6,8,12,16H,7H2,1-3H3,(H,15,17). The maximum absolute atomic E-state index is 13.7. The van der Waals surface area contributed by atoms with Crippen LogP contribution in [0.2, 0.25) is 0 Å². The summed E-state index contributed by atoms with van der Waals surface area (Å²) < 4.78 is 18.6. The van der Waals surface area contributed by atoms with Crippen molar-refractivity contribution in [3.05, 3.63) is 29.6 Å². The number of amides is 1. The molecular weight excluding hydrogens is 269 g/mol. The molecule has 1 rings (SSSR count). The Morgan fingerprint density at radius 2 is 2.26 bits per heavy atom. The molecule has 106 valence electrons. The SMILES string of the molecule is COc1ccc(C(=O)NC(C)C(CO)SC)c(F)c1.